The van der Waals surface area contributed by atoms with Gasteiger partial charge in [-0.05, 0) is 99.6 Å². The van der Waals surface area contributed by atoms with Gasteiger partial charge in [0.15, 0.2) is 17.6 Å². The molecule has 6 aromatic rings. The first-order valence-electron chi connectivity index (χ1n) is 20.0. The number of carbonyl (C=O) groups is 3. The topological polar surface area (TPSA) is 138 Å². The molecule has 1 unspecified atom stereocenters. The number of carboxylic acid groups (broad SMARTS) is 1. The minimum Gasteiger partial charge on any atom is -0.489 e. The van der Waals surface area contributed by atoms with Crippen molar-refractivity contribution >= 4 is 41.0 Å². The highest BCUT2D eigenvalue weighted by atomic mass is 35.5. The van der Waals surface area contributed by atoms with Gasteiger partial charge in [0.25, 0.3) is 5.91 Å². The zero-order chi connectivity index (χ0) is 45.1. The van der Waals surface area contributed by atoms with Crippen LogP contribution in [-0.4, -0.2) is 46.5 Å². The standard InChI is InChI=1S/C49H36Cl2F3N3O7/c50-39-18-9-30(19-40(39)51)26-62-36-16-14-33(15-17-36)45-27-63-43-22-34-21-42(57(25-35(34)23-44(43)64-45)47(59)37-3-1-2-4-38(37)49(52,53)54)46(58)56-41(48(60)61)20-28-5-10-31(11-6-28)32-12-7-29(24-55)8-13-32/h1-19,22-23,41-42,45H,20-21,25-27H2,(H,56,58)(H,60,61)/t41?,42-,45+/m0/s1. The van der Waals surface area contributed by atoms with E-state index >= 15 is 0 Å². The van der Waals surface area contributed by atoms with Crippen molar-refractivity contribution in [1.29, 1.82) is 5.26 Å². The van der Waals surface area contributed by atoms with Crippen molar-refractivity contribution in [3.63, 3.8) is 0 Å². The molecule has 2 heterocycles. The number of hydrogen-bond donors (Lipinski definition) is 2. The molecule has 0 aromatic heterocycles. The summed E-state index contributed by atoms with van der Waals surface area (Å²) < 4.78 is 61.1. The number of rotatable bonds is 11. The zero-order valence-electron chi connectivity index (χ0n) is 33.6. The van der Waals surface area contributed by atoms with Gasteiger partial charge in [-0.3, -0.25) is 9.59 Å². The van der Waals surface area contributed by atoms with Gasteiger partial charge in [-0.2, -0.15) is 18.4 Å². The first-order valence-corrected chi connectivity index (χ1v) is 20.7. The van der Waals surface area contributed by atoms with E-state index < -0.39 is 53.3 Å². The molecule has 2 amide bonds. The smallest absolute Gasteiger partial charge is 0.417 e. The van der Waals surface area contributed by atoms with Gasteiger partial charge in [-0.1, -0.05) is 89.9 Å². The molecule has 6 aromatic carbocycles. The van der Waals surface area contributed by atoms with Crippen LogP contribution in [0.1, 0.15) is 55.4 Å². The van der Waals surface area contributed by atoms with Crippen molar-refractivity contribution in [3.05, 3.63) is 182 Å². The third-order valence-electron chi connectivity index (χ3n) is 11.1. The van der Waals surface area contributed by atoms with Gasteiger partial charge < -0.3 is 29.5 Å². The Kier molecular flexibility index (Phi) is 12.5. The summed E-state index contributed by atoms with van der Waals surface area (Å²) in [6.07, 6.45) is -5.71. The molecule has 0 bridgehead atoms. The molecule has 0 saturated carbocycles. The summed E-state index contributed by atoms with van der Waals surface area (Å²) in [7, 11) is 0. The highest BCUT2D eigenvalue weighted by Crippen LogP contribution is 2.42. The molecule has 64 heavy (non-hydrogen) atoms. The zero-order valence-corrected chi connectivity index (χ0v) is 35.1. The van der Waals surface area contributed by atoms with E-state index in [-0.39, 0.29) is 32.6 Å². The maximum atomic E-state index is 14.2. The summed E-state index contributed by atoms with van der Waals surface area (Å²) >= 11 is 12.1. The molecule has 8 rings (SSSR count). The Labute approximate surface area is 375 Å². The van der Waals surface area contributed by atoms with Crippen molar-refractivity contribution < 1.29 is 46.9 Å². The first kappa shape index (κ1) is 43.6. The average molecular weight is 907 g/mol. The Morgan fingerprint density at radius 2 is 1.52 bits per heavy atom. The van der Waals surface area contributed by atoms with Crippen LogP contribution in [0.2, 0.25) is 10.0 Å². The van der Waals surface area contributed by atoms with Crippen LogP contribution in [0, 0.1) is 11.3 Å². The van der Waals surface area contributed by atoms with Gasteiger partial charge in [-0.15, -0.1) is 0 Å². The number of halogens is 5. The fourth-order valence-corrected chi connectivity index (χ4v) is 8.00. The van der Waals surface area contributed by atoms with Crippen LogP contribution in [0.25, 0.3) is 11.1 Å². The van der Waals surface area contributed by atoms with Crippen LogP contribution in [-0.2, 0) is 41.8 Å². The fraction of sp³-hybridized carbons (Fsp3) is 0.184. The summed E-state index contributed by atoms with van der Waals surface area (Å²) in [5, 5.41) is 22.8. The molecule has 10 nitrogen and oxygen atoms in total. The SMILES string of the molecule is N#Cc1ccc(-c2ccc(CC(NC(=O)[C@@H]3Cc4cc5c(cc4CN3C(=O)c3ccccc3C(F)(F)F)O[C@@H](c3ccc(OCc4ccc(Cl)c(Cl)c4)cc3)CO5)C(=O)O)cc2)cc1. The number of benzene rings is 6. The Hall–Kier alpha value is -7.01. The van der Waals surface area contributed by atoms with Crippen LogP contribution >= 0.6 is 23.2 Å². The van der Waals surface area contributed by atoms with Crippen molar-refractivity contribution in [2.45, 2.75) is 50.4 Å². The van der Waals surface area contributed by atoms with E-state index in [1.54, 1.807) is 84.9 Å². The molecule has 3 atom stereocenters. The Bertz CT molecular complexity index is 2780. The Morgan fingerprint density at radius 3 is 2.19 bits per heavy atom. The van der Waals surface area contributed by atoms with E-state index in [0.29, 0.717) is 49.5 Å². The monoisotopic (exact) mass is 905 g/mol. The maximum absolute atomic E-state index is 14.2. The predicted octanol–water partition coefficient (Wildman–Crippen LogP) is 10.0. The number of fused-ring (bicyclic) bond motifs is 2. The Balaban J connectivity index is 1.02. The number of carboxylic acids is 1. The van der Waals surface area contributed by atoms with E-state index in [4.69, 9.17) is 42.7 Å². The quantitative estimate of drug-likeness (QED) is 0.131. The van der Waals surface area contributed by atoms with Gasteiger partial charge in [-0.25, -0.2) is 4.79 Å². The van der Waals surface area contributed by atoms with Gasteiger partial charge >= 0.3 is 12.1 Å². The minimum absolute atomic E-state index is 0.128. The van der Waals surface area contributed by atoms with Gasteiger partial charge in [0.1, 0.15) is 31.0 Å². The van der Waals surface area contributed by atoms with Crippen molar-refractivity contribution in [2.24, 2.45) is 0 Å². The highest BCUT2D eigenvalue weighted by molar-refractivity contribution is 6.42. The molecule has 0 radical (unpaired) electrons. The molecule has 0 aliphatic carbocycles. The lowest BCUT2D eigenvalue weighted by molar-refractivity contribution is -0.142. The molecular formula is C49H36Cl2F3N3O7. The molecule has 2 N–H and O–H groups in total. The van der Waals surface area contributed by atoms with Crippen molar-refractivity contribution in [3.8, 4) is 34.4 Å². The molecule has 0 saturated heterocycles. The van der Waals surface area contributed by atoms with Crippen LogP contribution in [0.15, 0.2) is 127 Å². The normalized spacial score (nSPS) is 15.9. The lowest BCUT2D eigenvalue weighted by Gasteiger charge is -2.38. The van der Waals surface area contributed by atoms with E-state index in [1.807, 2.05) is 18.2 Å². The lowest BCUT2D eigenvalue weighted by Crippen LogP contribution is -2.56. The van der Waals surface area contributed by atoms with E-state index in [2.05, 4.69) is 11.4 Å². The summed E-state index contributed by atoms with van der Waals surface area (Å²) in [6.45, 7) is 0.102. The number of alkyl halides is 3. The number of hydrogen-bond acceptors (Lipinski definition) is 7. The molecule has 15 heteroatoms. The second-order valence-corrected chi connectivity index (χ2v) is 16.1. The number of amides is 2. The second kappa shape index (κ2) is 18.4. The summed E-state index contributed by atoms with van der Waals surface area (Å²) in [6, 6.07) is 33.3. The number of ether oxygens (including phenoxy) is 3. The van der Waals surface area contributed by atoms with Gasteiger partial charge in [0, 0.05) is 19.4 Å². The van der Waals surface area contributed by atoms with Crippen LogP contribution in [0.4, 0.5) is 13.2 Å². The highest BCUT2D eigenvalue weighted by Gasteiger charge is 2.41. The third kappa shape index (κ3) is 9.63. The molecule has 324 valence electrons. The predicted molar refractivity (Wildman–Crippen MR) is 231 cm³/mol. The largest absolute Gasteiger partial charge is 0.489 e. The van der Waals surface area contributed by atoms with Crippen molar-refractivity contribution in [1.82, 2.24) is 10.2 Å². The van der Waals surface area contributed by atoms with E-state index in [0.717, 1.165) is 39.3 Å². The maximum Gasteiger partial charge on any atom is 0.417 e. The van der Waals surface area contributed by atoms with E-state index in [9.17, 15) is 32.7 Å². The van der Waals surface area contributed by atoms with Gasteiger partial charge in [0.05, 0.1) is 32.8 Å². The summed E-state index contributed by atoms with van der Waals surface area (Å²) in [4.78, 5) is 42.0. The minimum atomic E-state index is -4.88. The van der Waals surface area contributed by atoms with Crippen LogP contribution in [0.5, 0.6) is 17.2 Å². The second-order valence-electron chi connectivity index (χ2n) is 15.3. The molecule has 2 aliphatic rings. The third-order valence-corrected chi connectivity index (χ3v) is 11.8. The number of nitrogens with zero attached hydrogens (tertiary/aromatic N) is 2. The number of carbonyl (C=O) groups excluding carboxylic acids is 2. The van der Waals surface area contributed by atoms with Gasteiger partial charge in [0.2, 0.25) is 5.91 Å². The van der Waals surface area contributed by atoms with Crippen LogP contribution < -0.4 is 19.5 Å². The first-order chi connectivity index (χ1) is 30.7. The fourth-order valence-electron chi connectivity index (χ4n) is 7.68. The molecule has 2 aliphatic heterocycles. The number of nitriles is 1. The number of nitrogens with one attached hydrogen (secondary N) is 1. The number of aliphatic carboxylic acids is 1. The summed E-state index contributed by atoms with van der Waals surface area (Å²) in [5.74, 6) is -1.97. The molecular weight excluding hydrogens is 870 g/mol. The van der Waals surface area contributed by atoms with Crippen molar-refractivity contribution in [2.75, 3.05) is 6.61 Å². The van der Waals surface area contributed by atoms with E-state index in [1.165, 1.54) is 12.1 Å². The Morgan fingerprint density at radius 1 is 0.844 bits per heavy atom. The molecule has 0 spiro atoms. The van der Waals surface area contributed by atoms with Crippen LogP contribution in [0.3, 0.4) is 0 Å². The lowest BCUT2D eigenvalue weighted by atomic mass is 9.91. The molecule has 0 fully saturated rings. The summed E-state index contributed by atoms with van der Waals surface area (Å²) in [5.41, 5.74) is 3.61. The average Bonchev–Trinajstić information content (AvgIpc) is 3.30.